The van der Waals surface area contributed by atoms with Crippen LogP contribution in [0.5, 0.6) is 0 Å². The molecule has 21 heavy (non-hydrogen) atoms. The minimum atomic E-state index is 0.0568. The summed E-state index contributed by atoms with van der Waals surface area (Å²) in [6.45, 7) is 11.7. The van der Waals surface area contributed by atoms with Crippen LogP contribution in [-0.4, -0.2) is 45.6 Å². The molecule has 0 saturated carbocycles. The molecular formula is C17H28N2O2. The Kier molecular flexibility index (Phi) is 5.62. The minimum Gasteiger partial charge on any atom is -0.383 e. The van der Waals surface area contributed by atoms with Crippen LogP contribution in [0.15, 0.2) is 18.2 Å². The second-order valence-electron chi connectivity index (χ2n) is 6.31. The van der Waals surface area contributed by atoms with Gasteiger partial charge >= 0.3 is 0 Å². The van der Waals surface area contributed by atoms with Gasteiger partial charge < -0.3 is 19.7 Å². The summed E-state index contributed by atoms with van der Waals surface area (Å²) >= 11 is 0. The van der Waals surface area contributed by atoms with Crippen molar-refractivity contribution in [1.29, 1.82) is 0 Å². The summed E-state index contributed by atoms with van der Waals surface area (Å²) in [5.41, 5.74) is 4.03. The maximum absolute atomic E-state index is 5.61. The molecule has 0 spiro atoms. The Labute approximate surface area is 128 Å². The molecule has 0 radical (unpaired) electrons. The highest BCUT2D eigenvalue weighted by Crippen LogP contribution is 2.30. The van der Waals surface area contributed by atoms with Crippen molar-refractivity contribution in [1.82, 2.24) is 5.32 Å². The van der Waals surface area contributed by atoms with Crippen LogP contribution in [0.2, 0.25) is 0 Å². The van der Waals surface area contributed by atoms with Crippen LogP contribution in [-0.2, 0) is 16.0 Å². The molecule has 0 bridgehead atoms. The number of nitrogens with zero attached hydrogens (tertiary/aromatic N) is 1. The Hall–Kier alpha value is -1.10. The summed E-state index contributed by atoms with van der Waals surface area (Å²) in [6.07, 6.45) is 0. The number of morpholine rings is 1. The van der Waals surface area contributed by atoms with Crippen molar-refractivity contribution in [3.05, 3.63) is 29.3 Å². The van der Waals surface area contributed by atoms with E-state index in [4.69, 9.17) is 9.47 Å². The van der Waals surface area contributed by atoms with Gasteiger partial charge in [0.15, 0.2) is 0 Å². The number of ether oxygens (including phenoxy) is 2. The molecule has 1 heterocycles. The van der Waals surface area contributed by atoms with E-state index in [-0.39, 0.29) is 5.54 Å². The van der Waals surface area contributed by atoms with Gasteiger partial charge in [0.2, 0.25) is 0 Å². The second-order valence-corrected chi connectivity index (χ2v) is 6.31. The molecule has 0 aliphatic carbocycles. The van der Waals surface area contributed by atoms with Crippen LogP contribution in [0.1, 0.15) is 25.0 Å². The predicted molar refractivity (Wildman–Crippen MR) is 87.0 cm³/mol. The van der Waals surface area contributed by atoms with Gasteiger partial charge in [-0.1, -0.05) is 12.1 Å². The van der Waals surface area contributed by atoms with Crippen LogP contribution in [0.4, 0.5) is 5.69 Å². The molecule has 2 rings (SSSR count). The number of methoxy groups -OCH3 is 1. The highest BCUT2D eigenvalue weighted by Gasteiger charge is 2.31. The lowest BCUT2D eigenvalue weighted by Gasteiger charge is -2.44. The monoisotopic (exact) mass is 292 g/mol. The maximum atomic E-state index is 5.61. The van der Waals surface area contributed by atoms with Crippen LogP contribution < -0.4 is 10.2 Å². The first-order chi connectivity index (χ1) is 10.0. The average Bonchev–Trinajstić information content (AvgIpc) is 2.44. The number of benzene rings is 1. The van der Waals surface area contributed by atoms with Crippen LogP contribution >= 0.6 is 0 Å². The molecule has 1 aromatic rings. The van der Waals surface area contributed by atoms with E-state index in [0.717, 1.165) is 39.5 Å². The number of hydrogen-bond acceptors (Lipinski definition) is 4. The van der Waals surface area contributed by atoms with Crippen molar-refractivity contribution in [2.24, 2.45) is 0 Å². The van der Waals surface area contributed by atoms with Gasteiger partial charge in [0, 0.05) is 32.4 Å². The summed E-state index contributed by atoms with van der Waals surface area (Å²) < 4.78 is 10.7. The molecule has 0 amide bonds. The molecule has 0 atom stereocenters. The molecule has 1 aliphatic heterocycles. The van der Waals surface area contributed by atoms with E-state index in [2.05, 4.69) is 49.2 Å². The average molecular weight is 292 g/mol. The van der Waals surface area contributed by atoms with Gasteiger partial charge in [-0.15, -0.1) is 0 Å². The molecule has 1 fully saturated rings. The van der Waals surface area contributed by atoms with Crippen molar-refractivity contribution < 1.29 is 9.47 Å². The summed E-state index contributed by atoms with van der Waals surface area (Å²) in [7, 11) is 1.73. The molecule has 0 unspecified atom stereocenters. The Balaban J connectivity index is 2.04. The summed E-state index contributed by atoms with van der Waals surface area (Å²) in [4.78, 5) is 2.47. The van der Waals surface area contributed by atoms with Crippen molar-refractivity contribution in [3.63, 3.8) is 0 Å². The predicted octanol–water partition coefficient (Wildman–Crippen LogP) is 2.35. The van der Waals surface area contributed by atoms with Crippen molar-refractivity contribution in [2.75, 3.05) is 44.9 Å². The zero-order valence-electron chi connectivity index (χ0n) is 13.7. The standard InChI is InChI=1S/C17H28N2O2/c1-14-11-15(12-18-7-9-20-4)5-6-16(14)19-8-10-21-13-17(19,2)3/h5-6,11,18H,7-10,12-13H2,1-4H3. The third kappa shape index (κ3) is 4.19. The highest BCUT2D eigenvalue weighted by atomic mass is 16.5. The van der Waals surface area contributed by atoms with E-state index >= 15 is 0 Å². The topological polar surface area (TPSA) is 33.7 Å². The van der Waals surface area contributed by atoms with E-state index in [1.807, 2.05) is 0 Å². The number of anilines is 1. The Morgan fingerprint density at radius 3 is 2.86 bits per heavy atom. The first-order valence-electron chi connectivity index (χ1n) is 7.69. The molecule has 0 aromatic heterocycles. The highest BCUT2D eigenvalue weighted by molar-refractivity contribution is 5.56. The van der Waals surface area contributed by atoms with Gasteiger partial charge in [0.1, 0.15) is 0 Å². The van der Waals surface area contributed by atoms with Crippen molar-refractivity contribution in [2.45, 2.75) is 32.9 Å². The van der Waals surface area contributed by atoms with E-state index in [1.54, 1.807) is 7.11 Å². The molecule has 4 heteroatoms. The third-order valence-electron chi connectivity index (χ3n) is 4.01. The smallest absolute Gasteiger partial charge is 0.0694 e. The number of aryl methyl sites for hydroxylation is 1. The molecule has 1 aliphatic rings. The second kappa shape index (κ2) is 7.25. The van der Waals surface area contributed by atoms with E-state index in [0.29, 0.717) is 0 Å². The van der Waals surface area contributed by atoms with Crippen molar-refractivity contribution in [3.8, 4) is 0 Å². The largest absolute Gasteiger partial charge is 0.383 e. The van der Waals surface area contributed by atoms with Crippen LogP contribution in [0.25, 0.3) is 0 Å². The van der Waals surface area contributed by atoms with E-state index in [9.17, 15) is 0 Å². The lowest BCUT2D eigenvalue weighted by Crippen LogP contribution is -2.53. The Bertz CT molecular complexity index is 460. The normalized spacial score (nSPS) is 18.0. The minimum absolute atomic E-state index is 0.0568. The summed E-state index contributed by atoms with van der Waals surface area (Å²) in [6, 6.07) is 6.74. The maximum Gasteiger partial charge on any atom is 0.0694 e. The molecule has 1 aromatic carbocycles. The first kappa shape index (κ1) is 16.3. The fraction of sp³-hybridized carbons (Fsp3) is 0.647. The summed E-state index contributed by atoms with van der Waals surface area (Å²) in [5.74, 6) is 0. The lowest BCUT2D eigenvalue weighted by atomic mass is 9.99. The SMILES string of the molecule is COCCNCc1ccc(N2CCOCC2(C)C)c(C)c1. The number of nitrogens with one attached hydrogen (secondary N) is 1. The van der Waals surface area contributed by atoms with Crippen LogP contribution in [0, 0.1) is 6.92 Å². The lowest BCUT2D eigenvalue weighted by molar-refractivity contribution is 0.0643. The van der Waals surface area contributed by atoms with Gasteiger partial charge in [-0.05, 0) is 38.0 Å². The summed E-state index contributed by atoms with van der Waals surface area (Å²) in [5, 5.41) is 3.39. The third-order valence-corrected chi connectivity index (χ3v) is 4.01. The zero-order chi connectivity index (χ0) is 15.3. The molecule has 4 nitrogen and oxygen atoms in total. The van der Waals surface area contributed by atoms with Gasteiger partial charge in [0.25, 0.3) is 0 Å². The van der Waals surface area contributed by atoms with Crippen LogP contribution in [0.3, 0.4) is 0 Å². The zero-order valence-corrected chi connectivity index (χ0v) is 13.7. The van der Waals surface area contributed by atoms with Gasteiger partial charge in [-0.3, -0.25) is 0 Å². The molecule has 1 N–H and O–H groups in total. The number of hydrogen-bond donors (Lipinski definition) is 1. The fourth-order valence-electron chi connectivity index (χ4n) is 2.84. The van der Waals surface area contributed by atoms with E-state index < -0.39 is 0 Å². The fourth-order valence-corrected chi connectivity index (χ4v) is 2.84. The molecule has 118 valence electrons. The quantitative estimate of drug-likeness (QED) is 0.816. The van der Waals surface area contributed by atoms with E-state index in [1.165, 1.54) is 16.8 Å². The Morgan fingerprint density at radius 2 is 2.19 bits per heavy atom. The Morgan fingerprint density at radius 1 is 1.38 bits per heavy atom. The van der Waals surface area contributed by atoms with Gasteiger partial charge in [-0.25, -0.2) is 0 Å². The number of rotatable bonds is 6. The van der Waals surface area contributed by atoms with Crippen molar-refractivity contribution >= 4 is 5.69 Å². The van der Waals surface area contributed by atoms with Gasteiger partial charge in [0.05, 0.1) is 25.4 Å². The molecular weight excluding hydrogens is 264 g/mol. The first-order valence-corrected chi connectivity index (χ1v) is 7.69. The van der Waals surface area contributed by atoms with Gasteiger partial charge in [-0.2, -0.15) is 0 Å². The molecule has 1 saturated heterocycles.